The molecule has 1 heterocycles. The molecule has 0 amide bonds. The highest BCUT2D eigenvalue weighted by Crippen LogP contribution is 2.09. The molecule has 0 unspecified atom stereocenters. The first-order chi connectivity index (χ1) is 7.33. The Balaban J connectivity index is 2.89. The zero-order valence-corrected chi connectivity index (χ0v) is 9.52. The van der Waals surface area contributed by atoms with Gasteiger partial charge in [0.1, 0.15) is 5.69 Å². The van der Waals surface area contributed by atoms with Gasteiger partial charge in [-0.15, -0.1) is 0 Å². The Hall–Kier alpha value is -1.67. The number of anilines is 1. The number of nitrogens with one attached hydrogen (secondary N) is 1. The lowest BCUT2D eigenvalue weighted by Gasteiger charge is -2.12. The lowest BCUT2D eigenvalue weighted by atomic mass is 10.3. The zero-order valence-electron chi connectivity index (χ0n) is 8.71. The van der Waals surface area contributed by atoms with Crippen LogP contribution in [-0.4, -0.2) is 42.9 Å². The molecule has 1 aromatic heterocycles. The first-order valence-corrected chi connectivity index (χ1v) is 5.66. The molecular weight excluding hydrogens is 234 g/mol. The standard InChI is InChI=1S/C8H11N3O4S/c1-11(2)16(14,15)10-6-3-4-7(8(12)13)9-5-6/h3-5,10H,1-2H3,(H,12,13). The summed E-state index contributed by atoms with van der Waals surface area (Å²) in [6.07, 6.45) is 1.14. The van der Waals surface area contributed by atoms with E-state index < -0.39 is 16.2 Å². The molecule has 2 N–H and O–H groups in total. The molecule has 0 radical (unpaired) electrons. The van der Waals surface area contributed by atoms with E-state index >= 15 is 0 Å². The van der Waals surface area contributed by atoms with E-state index in [9.17, 15) is 13.2 Å². The minimum Gasteiger partial charge on any atom is -0.477 e. The van der Waals surface area contributed by atoms with Gasteiger partial charge in [-0.25, -0.2) is 9.78 Å². The van der Waals surface area contributed by atoms with Gasteiger partial charge in [-0.2, -0.15) is 12.7 Å². The van der Waals surface area contributed by atoms with Gasteiger partial charge >= 0.3 is 16.2 Å². The summed E-state index contributed by atoms with van der Waals surface area (Å²) in [5.41, 5.74) is 0.0616. The Kier molecular flexibility index (Phi) is 3.45. The maximum atomic E-state index is 11.4. The van der Waals surface area contributed by atoms with E-state index in [4.69, 9.17) is 5.11 Å². The second-order valence-corrected chi connectivity index (χ2v) is 5.01. The molecule has 0 saturated carbocycles. The molecule has 7 nitrogen and oxygen atoms in total. The van der Waals surface area contributed by atoms with E-state index in [0.29, 0.717) is 0 Å². The van der Waals surface area contributed by atoms with Crippen LogP contribution in [0.4, 0.5) is 5.69 Å². The van der Waals surface area contributed by atoms with Crippen molar-refractivity contribution in [2.45, 2.75) is 0 Å². The van der Waals surface area contributed by atoms with Crippen molar-refractivity contribution in [3.8, 4) is 0 Å². The molecule has 0 spiro atoms. The number of aromatic nitrogens is 1. The van der Waals surface area contributed by atoms with Crippen molar-refractivity contribution in [2.24, 2.45) is 0 Å². The molecule has 0 atom stereocenters. The number of carboxylic acids is 1. The van der Waals surface area contributed by atoms with Crippen LogP contribution in [0, 0.1) is 0 Å². The predicted octanol–water partition coefficient (Wildman–Crippen LogP) is -0.00190. The Morgan fingerprint density at radius 1 is 1.44 bits per heavy atom. The van der Waals surface area contributed by atoms with Gasteiger partial charge in [-0.1, -0.05) is 0 Å². The summed E-state index contributed by atoms with van der Waals surface area (Å²) in [4.78, 5) is 14.1. The van der Waals surface area contributed by atoms with Crippen LogP contribution in [-0.2, 0) is 10.2 Å². The lowest BCUT2D eigenvalue weighted by molar-refractivity contribution is 0.0690. The molecule has 1 rings (SSSR count). The molecular formula is C8H11N3O4S. The molecule has 0 aliphatic heterocycles. The largest absolute Gasteiger partial charge is 0.477 e. The number of hydrogen-bond donors (Lipinski definition) is 2. The van der Waals surface area contributed by atoms with Crippen molar-refractivity contribution in [1.82, 2.24) is 9.29 Å². The average Bonchev–Trinajstić information content (AvgIpc) is 2.17. The smallest absolute Gasteiger partial charge is 0.354 e. The summed E-state index contributed by atoms with van der Waals surface area (Å²) >= 11 is 0. The van der Waals surface area contributed by atoms with Crippen molar-refractivity contribution in [1.29, 1.82) is 0 Å². The molecule has 0 aliphatic carbocycles. The van der Waals surface area contributed by atoms with Crippen LogP contribution in [0.2, 0.25) is 0 Å². The predicted molar refractivity (Wildman–Crippen MR) is 57.4 cm³/mol. The first-order valence-electron chi connectivity index (χ1n) is 4.22. The number of pyridine rings is 1. The molecule has 1 aromatic rings. The van der Waals surface area contributed by atoms with Crippen molar-refractivity contribution >= 4 is 21.9 Å². The van der Waals surface area contributed by atoms with Gasteiger partial charge in [0.2, 0.25) is 0 Å². The molecule has 8 heteroatoms. The van der Waals surface area contributed by atoms with Crippen LogP contribution in [0.15, 0.2) is 18.3 Å². The highest BCUT2D eigenvalue weighted by atomic mass is 32.2. The van der Waals surface area contributed by atoms with E-state index in [2.05, 4.69) is 9.71 Å². The molecule has 16 heavy (non-hydrogen) atoms. The number of carbonyl (C=O) groups is 1. The zero-order chi connectivity index (χ0) is 12.3. The van der Waals surface area contributed by atoms with E-state index in [0.717, 1.165) is 10.5 Å². The van der Waals surface area contributed by atoms with Crippen LogP contribution in [0.3, 0.4) is 0 Å². The van der Waals surface area contributed by atoms with Crippen LogP contribution in [0.25, 0.3) is 0 Å². The van der Waals surface area contributed by atoms with Gasteiger partial charge in [0, 0.05) is 14.1 Å². The topological polar surface area (TPSA) is 99.6 Å². The maximum Gasteiger partial charge on any atom is 0.354 e. The van der Waals surface area contributed by atoms with Crippen LogP contribution < -0.4 is 4.72 Å². The summed E-state index contributed by atoms with van der Waals surface area (Å²) in [7, 11) is -0.836. The van der Waals surface area contributed by atoms with E-state index in [1.165, 1.54) is 26.2 Å². The summed E-state index contributed by atoms with van der Waals surface area (Å²) in [5, 5.41) is 8.59. The highest BCUT2D eigenvalue weighted by Gasteiger charge is 2.13. The third-order valence-electron chi connectivity index (χ3n) is 1.71. The van der Waals surface area contributed by atoms with Crippen LogP contribution in [0.1, 0.15) is 10.5 Å². The number of aromatic carboxylic acids is 1. The summed E-state index contributed by atoms with van der Waals surface area (Å²) in [5.74, 6) is -1.16. The van der Waals surface area contributed by atoms with Crippen molar-refractivity contribution < 1.29 is 18.3 Å². The van der Waals surface area contributed by atoms with Gasteiger partial charge in [-0.05, 0) is 12.1 Å². The lowest BCUT2D eigenvalue weighted by Crippen LogP contribution is -2.29. The SMILES string of the molecule is CN(C)S(=O)(=O)Nc1ccc(C(=O)O)nc1. The van der Waals surface area contributed by atoms with Crippen molar-refractivity contribution in [2.75, 3.05) is 18.8 Å². The maximum absolute atomic E-state index is 11.4. The summed E-state index contributed by atoms with van der Waals surface area (Å²) in [6, 6.07) is 2.55. The molecule has 0 saturated heterocycles. The summed E-state index contributed by atoms with van der Waals surface area (Å²) < 4.78 is 26.0. The van der Waals surface area contributed by atoms with E-state index in [1.807, 2.05) is 0 Å². The second kappa shape index (κ2) is 4.45. The Morgan fingerprint density at radius 2 is 2.06 bits per heavy atom. The van der Waals surface area contributed by atoms with Gasteiger partial charge < -0.3 is 5.11 Å². The first kappa shape index (κ1) is 12.4. The molecule has 0 fully saturated rings. The van der Waals surface area contributed by atoms with Gasteiger partial charge in [0.25, 0.3) is 0 Å². The minimum absolute atomic E-state index is 0.146. The normalized spacial score (nSPS) is 11.4. The highest BCUT2D eigenvalue weighted by molar-refractivity contribution is 7.90. The second-order valence-electron chi connectivity index (χ2n) is 3.13. The van der Waals surface area contributed by atoms with Crippen molar-refractivity contribution in [3.05, 3.63) is 24.0 Å². The van der Waals surface area contributed by atoms with Gasteiger partial charge in [0.15, 0.2) is 0 Å². The number of rotatable bonds is 4. The summed E-state index contributed by atoms with van der Waals surface area (Å²) in [6.45, 7) is 0. The van der Waals surface area contributed by atoms with Gasteiger partial charge in [0.05, 0.1) is 11.9 Å². The number of carboxylic acid groups (broad SMARTS) is 1. The van der Waals surface area contributed by atoms with E-state index in [1.54, 1.807) is 0 Å². The molecule has 0 aliphatic rings. The molecule has 88 valence electrons. The number of nitrogens with zero attached hydrogens (tertiary/aromatic N) is 2. The third kappa shape index (κ3) is 2.91. The number of hydrogen-bond acceptors (Lipinski definition) is 4. The average molecular weight is 245 g/mol. The monoisotopic (exact) mass is 245 g/mol. The van der Waals surface area contributed by atoms with Crippen molar-refractivity contribution in [3.63, 3.8) is 0 Å². The minimum atomic E-state index is -3.59. The Bertz CT molecular complexity index is 481. The van der Waals surface area contributed by atoms with Crippen LogP contribution in [0.5, 0.6) is 0 Å². The molecule has 0 aromatic carbocycles. The van der Waals surface area contributed by atoms with Crippen LogP contribution >= 0.6 is 0 Å². The third-order valence-corrected chi connectivity index (χ3v) is 3.17. The Morgan fingerprint density at radius 3 is 2.44 bits per heavy atom. The Labute approximate surface area is 92.9 Å². The fraction of sp³-hybridized carbons (Fsp3) is 0.250. The fourth-order valence-electron chi connectivity index (χ4n) is 0.821. The fourth-order valence-corrected chi connectivity index (χ4v) is 1.42. The molecule has 0 bridgehead atoms. The van der Waals surface area contributed by atoms with Gasteiger partial charge in [-0.3, -0.25) is 4.72 Å². The quantitative estimate of drug-likeness (QED) is 0.777. The van der Waals surface area contributed by atoms with E-state index in [-0.39, 0.29) is 11.4 Å².